The number of carbonyl (C=O) groups is 3. The highest BCUT2D eigenvalue weighted by Gasteiger charge is 2.34. The van der Waals surface area contributed by atoms with Crippen molar-refractivity contribution in [2.45, 2.75) is 20.8 Å². The molecule has 158 valence electrons. The van der Waals surface area contributed by atoms with Crippen molar-refractivity contribution >= 4 is 52.3 Å². The average molecular weight is 439 g/mol. The second-order valence-corrected chi connectivity index (χ2v) is 9.26. The Morgan fingerprint density at radius 2 is 1.93 bits per heavy atom. The maximum atomic E-state index is 12.4. The summed E-state index contributed by atoms with van der Waals surface area (Å²) in [6.07, 6.45) is 1.63. The van der Waals surface area contributed by atoms with Crippen LogP contribution in [-0.4, -0.2) is 82.9 Å². The molecule has 1 atom stereocenters. The largest absolute Gasteiger partial charge is 0.450 e. The lowest BCUT2D eigenvalue weighted by Gasteiger charge is -2.34. The van der Waals surface area contributed by atoms with E-state index in [0.717, 1.165) is 9.95 Å². The fourth-order valence-electron chi connectivity index (χ4n) is 3.12. The number of carbonyl (C=O) groups excluding carboxylic acids is 3. The van der Waals surface area contributed by atoms with E-state index in [4.69, 9.17) is 4.74 Å². The van der Waals surface area contributed by atoms with E-state index >= 15 is 0 Å². The summed E-state index contributed by atoms with van der Waals surface area (Å²) in [5, 5.41) is 0.797. The topological polar surface area (TPSA) is 91.6 Å². The van der Waals surface area contributed by atoms with E-state index in [-0.39, 0.29) is 23.8 Å². The van der Waals surface area contributed by atoms with E-state index in [0.29, 0.717) is 56.0 Å². The van der Waals surface area contributed by atoms with Crippen LogP contribution in [0.2, 0.25) is 0 Å². The van der Waals surface area contributed by atoms with Crippen LogP contribution in [0.15, 0.2) is 21.0 Å². The molecule has 0 aromatic rings. The Kier molecular flexibility index (Phi) is 7.39. The minimum atomic E-state index is -0.330. The van der Waals surface area contributed by atoms with Crippen molar-refractivity contribution in [2.24, 2.45) is 21.8 Å². The predicted octanol–water partition coefficient (Wildman–Crippen LogP) is 2.26. The minimum Gasteiger partial charge on any atom is -0.450 e. The molecule has 8 nitrogen and oxygen atoms in total. The summed E-state index contributed by atoms with van der Waals surface area (Å²) in [5.74, 6) is 1.08. The zero-order valence-corrected chi connectivity index (χ0v) is 18.6. The van der Waals surface area contributed by atoms with Crippen molar-refractivity contribution in [2.75, 3.05) is 44.3 Å². The molecule has 3 amide bonds. The summed E-state index contributed by atoms with van der Waals surface area (Å²) in [5.41, 5.74) is 0. The van der Waals surface area contributed by atoms with Crippen LogP contribution in [0.4, 0.5) is 4.79 Å². The number of allylic oxidation sites excluding steroid dienone is 1. The molecule has 1 fully saturated rings. The number of ether oxygens (including phenoxy) is 1. The molecule has 29 heavy (non-hydrogen) atoms. The summed E-state index contributed by atoms with van der Waals surface area (Å²) >= 11 is 2.97. The summed E-state index contributed by atoms with van der Waals surface area (Å²) < 4.78 is 4.99. The Balaban J connectivity index is 1.43. The lowest BCUT2D eigenvalue weighted by molar-refractivity contribution is -0.129. The molecule has 0 saturated carbocycles. The molecular formula is C19H26N4O4S2. The summed E-state index contributed by atoms with van der Waals surface area (Å²) in [6.45, 7) is 8.27. The first-order valence-corrected chi connectivity index (χ1v) is 11.7. The minimum absolute atomic E-state index is 0.0192. The highest BCUT2D eigenvalue weighted by molar-refractivity contribution is 8.17. The third-order valence-corrected chi connectivity index (χ3v) is 7.06. The van der Waals surface area contributed by atoms with Crippen molar-refractivity contribution in [1.82, 2.24) is 9.80 Å². The number of nitrogens with zero attached hydrogens (tertiary/aromatic N) is 4. The standard InChI is InChI=1S/C19H26N4O4S2/c1-4-27-19(26)23-7-5-22(6-8-23)16(24)11-28-10-15-20-17(25)13-9-14(12(2)3)29-18(13)21-15/h9,12-13H,4-8,10-11H2,1-3H3. The number of piperazine rings is 1. The Bertz CT molecular complexity index is 770. The number of fused-ring (bicyclic) bond motifs is 1. The third-order valence-electron chi connectivity index (χ3n) is 4.75. The lowest BCUT2D eigenvalue weighted by atomic mass is 10.1. The van der Waals surface area contributed by atoms with Crippen LogP contribution < -0.4 is 0 Å². The highest BCUT2D eigenvalue weighted by Crippen LogP contribution is 2.38. The van der Waals surface area contributed by atoms with Crippen molar-refractivity contribution in [3.8, 4) is 0 Å². The van der Waals surface area contributed by atoms with Gasteiger partial charge in [-0.15, -0.1) is 11.8 Å². The van der Waals surface area contributed by atoms with E-state index in [1.54, 1.807) is 28.5 Å². The van der Waals surface area contributed by atoms with Gasteiger partial charge < -0.3 is 14.5 Å². The maximum absolute atomic E-state index is 12.4. The van der Waals surface area contributed by atoms with Gasteiger partial charge in [-0.05, 0) is 17.7 Å². The van der Waals surface area contributed by atoms with Crippen molar-refractivity contribution in [3.63, 3.8) is 0 Å². The number of rotatable bonds is 6. The smallest absolute Gasteiger partial charge is 0.409 e. The second-order valence-electron chi connectivity index (χ2n) is 7.18. The molecule has 3 rings (SSSR count). The van der Waals surface area contributed by atoms with Gasteiger partial charge in [-0.25, -0.2) is 9.79 Å². The van der Waals surface area contributed by atoms with Crippen LogP contribution >= 0.6 is 23.5 Å². The van der Waals surface area contributed by atoms with Gasteiger partial charge in [0.05, 0.1) is 23.2 Å². The van der Waals surface area contributed by atoms with Crippen LogP contribution in [0, 0.1) is 11.8 Å². The zero-order valence-electron chi connectivity index (χ0n) is 16.9. The van der Waals surface area contributed by atoms with Gasteiger partial charge >= 0.3 is 6.09 Å². The Morgan fingerprint density at radius 3 is 2.59 bits per heavy atom. The Labute approximate surface area is 179 Å². The van der Waals surface area contributed by atoms with Crippen LogP contribution in [0.25, 0.3) is 0 Å². The highest BCUT2D eigenvalue weighted by atomic mass is 32.2. The van der Waals surface area contributed by atoms with E-state index in [2.05, 4.69) is 23.8 Å². The maximum Gasteiger partial charge on any atom is 0.409 e. The van der Waals surface area contributed by atoms with Gasteiger partial charge in [0.1, 0.15) is 11.8 Å². The molecule has 1 unspecified atom stereocenters. The predicted molar refractivity (Wildman–Crippen MR) is 116 cm³/mol. The average Bonchev–Trinajstić information content (AvgIpc) is 3.13. The summed E-state index contributed by atoms with van der Waals surface area (Å²) in [6, 6.07) is 0. The van der Waals surface area contributed by atoms with Crippen LogP contribution in [0.1, 0.15) is 20.8 Å². The molecular weight excluding hydrogens is 412 g/mol. The number of hydrogen-bond acceptors (Lipinski definition) is 7. The molecule has 0 aromatic heterocycles. The Hall–Kier alpha value is -1.81. The van der Waals surface area contributed by atoms with Gasteiger partial charge in [-0.2, -0.15) is 4.99 Å². The molecule has 10 heteroatoms. The monoisotopic (exact) mass is 438 g/mol. The molecule has 0 aromatic carbocycles. The van der Waals surface area contributed by atoms with Crippen LogP contribution in [0.5, 0.6) is 0 Å². The molecule has 0 bridgehead atoms. The zero-order chi connectivity index (χ0) is 21.0. The molecule has 0 spiro atoms. The van der Waals surface area contributed by atoms with Gasteiger partial charge in [0.15, 0.2) is 0 Å². The van der Waals surface area contributed by atoms with Gasteiger partial charge in [0, 0.05) is 26.2 Å². The van der Waals surface area contributed by atoms with E-state index < -0.39 is 0 Å². The van der Waals surface area contributed by atoms with Crippen LogP contribution in [0.3, 0.4) is 0 Å². The number of hydrogen-bond donors (Lipinski definition) is 0. The third kappa shape index (κ3) is 5.42. The molecule has 3 heterocycles. The molecule has 0 aliphatic carbocycles. The van der Waals surface area contributed by atoms with Crippen molar-refractivity contribution in [3.05, 3.63) is 11.0 Å². The number of amides is 3. The van der Waals surface area contributed by atoms with Gasteiger partial charge in [-0.1, -0.05) is 31.7 Å². The lowest BCUT2D eigenvalue weighted by Crippen LogP contribution is -2.51. The molecule has 0 radical (unpaired) electrons. The van der Waals surface area contributed by atoms with E-state index in [1.807, 2.05) is 6.08 Å². The first-order valence-electron chi connectivity index (χ1n) is 9.75. The first-order chi connectivity index (χ1) is 13.9. The molecule has 3 aliphatic heterocycles. The fourth-order valence-corrected chi connectivity index (χ4v) is 5.02. The van der Waals surface area contributed by atoms with Gasteiger partial charge in [0.25, 0.3) is 5.91 Å². The molecule has 3 aliphatic rings. The normalized spacial score (nSPS) is 21.6. The molecule has 1 saturated heterocycles. The van der Waals surface area contributed by atoms with E-state index in [1.165, 1.54) is 11.8 Å². The van der Waals surface area contributed by atoms with Crippen molar-refractivity contribution < 1.29 is 19.1 Å². The summed E-state index contributed by atoms with van der Waals surface area (Å²) in [7, 11) is 0. The van der Waals surface area contributed by atoms with Gasteiger partial charge in [0.2, 0.25) is 5.91 Å². The van der Waals surface area contributed by atoms with Crippen molar-refractivity contribution in [1.29, 1.82) is 0 Å². The number of aliphatic imine (C=N–C) groups is 2. The Morgan fingerprint density at radius 1 is 1.24 bits per heavy atom. The fraction of sp³-hybridized carbons (Fsp3) is 0.632. The van der Waals surface area contributed by atoms with E-state index in [9.17, 15) is 14.4 Å². The number of thioether (sulfide) groups is 2. The number of amidine groups is 1. The SMILES string of the molecule is CCOC(=O)N1CCN(C(=O)CSCC2=NC(=O)C3C=C(C(C)C)SC3=N2)CC1. The first kappa shape index (κ1) is 21.9. The van der Waals surface area contributed by atoms with Crippen LogP contribution in [-0.2, 0) is 14.3 Å². The second kappa shape index (κ2) is 9.80. The molecule has 0 N–H and O–H groups in total. The quantitative estimate of drug-likeness (QED) is 0.632. The summed E-state index contributed by atoms with van der Waals surface area (Å²) in [4.78, 5) is 49.6. The van der Waals surface area contributed by atoms with Gasteiger partial charge in [-0.3, -0.25) is 9.59 Å².